The van der Waals surface area contributed by atoms with E-state index in [-0.39, 0.29) is 29.2 Å². The highest BCUT2D eigenvalue weighted by Gasteiger charge is 2.43. The molecule has 0 fully saturated rings. The first-order valence-electron chi connectivity index (χ1n) is 10.4. The number of benzene rings is 2. The molecule has 1 N–H and O–H groups in total. The van der Waals surface area contributed by atoms with E-state index in [1.54, 1.807) is 31.2 Å². The third-order valence-corrected chi connectivity index (χ3v) is 5.43. The van der Waals surface area contributed by atoms with Gasteiger partial charge in [0.15, 0.2) is 11.5 Å². The van der Waals surface area contributed by atoms with Crippen molar-refractivity contribution in [2.75, 3.05) is 11.4 Å². The van der Waals surface area contributed by atoms with Crippen LogP contribution in [-0.4, -0.2) is 38.7 Å². The Morgan fingerprint density at radius 3 is 2.80 bits per heavy atom. The lowest BCUT2D eigenvalue weighted by Gasteiger charge is -2.21. The van der Waals surface area contributed by atoms with Crippen molar-refractivity contribution in [1.82, 2.24) is 20.0 Å². The number of amides is 1. The molecule has 1 aliphatic rings. The average molecular weight is 478 g/mol. The quantitative estimate of drug-likeness (QED) is 0.467. The summed E-state index contributed by atoms with van der Waals surface area (Å²) >= 11 is 0. The number of carbonyl (C=O) groups excluding carboxylic acids is 1. The van der Waals surface area contributed by atoms with Crippen molar-refractivity contribution in [2.24, 2.45) is 0 Å². The second-order valence-corrected chi connectivity index (χ2v) is 7.60. The summed E-state index contributed by atoms with van der Waals surface area (Å²) in [5.41, 5.74) is 1.22. The number of alkyl halides is 2. The summed E-state index contributed by atoms with van der Waals surface area (Å²) in [5.74, 6) is -0.857. The van der Waals surface area contributed by atoms with Crippen molar-refractivity contribution in [1.29, 1.82) is 5.26 Å². The van der Waals surface area contributed by atoms with Crippen LogP contribution in [0.4, 0.5) is 14.5 Å². The van der Waals surface area contributed by atoms with E-state index in [1.165, 1.54) is 29.3 Å². The highest BCUT2D eigenvalue weighted by atomic mass is 19.3. The lowest BCUT2D eigenvalue weighted by atomic mass is 10.1. The topological polar surface area (TPSA) is 126 Å². The number of rotatable bonds is 5. The number of carbonyl (C=O) groups is 1. The van der Waals surface area contributed by atoms with Crippen molar-refractivity contribution < 1.29 is 23.0 Å². The predicted molar refractivity (Wildman–Crippen MR) is 119 cm³/mol. The van der Waals surface area contributed by atoms with Crippen LogP contribution >= 0.6 is 0 Å². The summed E-state index contributed by atoms with van der Waals surface area (Å²) in [4.78, 5) is 27.5. The first kappa shape index (κ1) is 22.0. The molecule has 0 spiro atoms. The minimum atomic E-state index is -3.78. The maximum Gasteiger partial charge on any atom is 0.586 e. The van der Waals surface area contributed by atoms with Gasteiger partial charge in [-0.05, 0) is 31.2 Å². The van der Waals surface area contributed by atoms with E-state index in [0.29, 0.717) is 22.2 Å². The molecule has 1 amide bonds. The maximum absolute atomic E-state index is 13.4. The fourth-order valence-corrected chi connectivity index (χ4v) is 3.86. The molecule has 1 aliphatic heterocycles. The molecule has 176 valence electrons. The second-order valence-electron chi connectivity index (χ2n) is 7.60. The molecule has 4 aromatic rings. The highest BCUT2D eigenvalue weighted by Crippen LogP contribution is 2.42. The Kier molecular flexibility index (Phi) is 5.17. The predicted octanol–water partition coefficient (Wildman–Crippen LogP) is 3.03. The monoisotopic (exact) mass is 478 g/mol. The molecule has 0 aliphatic carbocycles. The molecule has 2 aromatic heterocycles. The van der Waals surface area contributed by atoms with Crippen LogP contribution in [0, 0.1) is 11.3 Å². The molecular weight excluding hydrogens is 462 g/mol. The number of H-pyrrole nitrogens is 1. The Bertz CT molecular complexity index is 1570. The Labute approximate surface area is 195 Å². The zero-order valence-corrected chi connectivity index (χ0v) is 18.2. The first-order chi connectivity index (χ1) is 16.8. The van der Waals surface area contributed by atoms with Gasteiger partial charge in [-0.15, -0.1) is 8.78 Å². The van der Waals surface area contributed by atoms with E-state index in [4.69, 9.17) is 0 Å². The van der Waals surface area contributed by atoms with Gasteiger partial charge in [-0.2, -0.15) is 15.5 Å². The molecule has 2 aromatic carbocycles. The molecule has 0 saturated carbocycles. The van der Waals surface area contributed by atoms with Gasteiger partial charge in [-0.25, -0.2) is 4.68 Å². The summed E-state index contributed by atoms with van der Waals surface area (Å²) in [7, 11) is 0. The average Bonchev–Trinajstić information content (AvgIpc) is 3.44. The van der Waals surface area contributed by atoms with Crippen LogP contribution in [0.5, 0.6) is 11.5 Å². The van der Waals surface area contributed by atoms with Crippen LogP contribution in [0.1, 0.15) is 12.5 Å². The van der Waals surface area contributed by atoms with E-state index in [1.807, 2.05) is 0 Å². The number of likely N-dealkylation sites (N-methyl/N-ethyl adjacent to an activating group) is 1. The van der Waals surface area contributed by atoms with Crippen LogP contribution in [-0.2, 0) is 11.3 Å². The molecule has 3 heterocycles. The van der Waals surface area contributed by atoms with Gasteiger partial charge in [-0.3, -0.25) is 14.7 Å². The van der Waals surface area contributed by atoms with Crippen LogP contribution < -0.4 is 19.9 Å². The number of nitriles is 1. The number of hydrogen-bond acceptors (Lipinski definition) is 7. The first-order valence-corrected chi connectivity index (χ1v) is 10.4. The highest BCUT2D eigenvalue weighted by molar-refractivity contribution is 5.94. The van der Waals surface area contributed by atoms with Crippen molar-refractivity contribution in [3.63, 3.8) is 0 Å². The number of halogens is 2. The molecule has 0 atom stereocenters. The molecule has 35 heavy (non-hydrogen) atoms. The Balaban J connectivity index is 1.51. The second kappa shape index (κ2) is 8.21. The van der Waals surface area contributed by atoms with Crippen LogP contribution in [0.15, 0.2) is 53.5 Å². The number of aromatic nitrogens is 4. The number of ether oxygens (including phenoxy) is 2. The number of fused-ring (bicyclic) bond motifs is 2. The van der Waals surface area contributed by atoms with Crippen molar-refractivity contribution in [3.8, 4) is 28.8 Å². The summed E-state index contributed by atoms with van der Waals surface area (Å²) in [6.07, 6.45) is -2.33. The summed E-state index contributed by atoms with van der Waals surface area (Å²) in [6.45, 7) is 1.45. The molecular formula is C23H16F2N6O4. The Hall–Kier alpha value is -4.79. The minimum absolute atomic E-state index is 0.144. The molecule has 0 saturated heterocycles. The largest absolute Gasteiger partial charge is 0.586 e. The number of nitrogens with zero attached hydrogens (tertiary/aromatic N) is 5. The zero-order chi connectivity index (χ0) is 24.7. The van der Waals surface area contributed by atoms with E-state index in [2.05, 4.69) is 30.8 Å². The van der Waals surface area contributed by atoms with Crippen LogP contribution in [0.3, 0.4) is 0 Å². The molecule has 0 radical (unpaired) electrons. The number of anilines is 1. The van der Waals surface area contributed by atoms with Gasteiger partial charge >= 0.3 is 6.29 Å². The van der Waals surface area contributed by atoms with Gasteiger partial charge in [0.25, 0.3) is 5.56 Å². The maximum atomic E-state index is 13.4. The van der Waals surface area contributed by atoms with Crippen molar-refractivity contribution >= 4 is 22.5 Å². The van der Waals surface area contributed by atoms with E-state index in [0.717, 1.165) is 4.68 Å². The van der Waals surface area contributed by atoms with Gasteiger partial charge in [-0.1, -0.05) is 12.1 Å². The molecule has 10 nitrogen and oxygen atoms in total. The summed E-state index contributed by atoms with van der Waals surface area (Å²) in [6, 6.07) is 12.7. The fourth-order valence-electron chi connectivity index (χ4n) is 3.86. The lowest BCUT2D eigenvalue weighted by molar-refractivity contribution is -0.286. The third-order valence-electron chi connectivity index (χ3n) is 5.43. The minimum Gasteiger partial charge on any atom is -0.395 e. The van der Waals surface area contributed by atoms with Crippen LogP contribution in [0.25, 0.3) is 22.2 Å². The smallest absolute Gasteiger partial charge is 0.395 e. The summed E-state index contributed by atoms with van der Waals surface area (Å²) < 4.78 is 36.6. The van der Waals surface area contributed by atoms with Gasteiger partial charge in [0.1, 0.15) is 17.8 Å². The summed E-state index contributed by atoms with van der Waals surface area (Å²) in [5, 5.41) is 20.6. The SMILES string of the molecule is CCN(C(=O)Cn1nc(-c2cccc(C#N)c2)c2cn[nH]c2c1=O)c1ccc2c(c1)OC(F)(F)O2. The van der Waals surface area contributed by atoms with Crippen molar-refractivity contribution in [3.05, 3.63) is 64.6 Å². The normalized spacial score (nSPS) is 13.5. The molecule has 5 rings (SSSR count). The number of nitrogens with one attached hydrogen (secondary N) is 1. The van der Waals surface area contributed by atoms with E-state index < -0.39 is 24.3 Å². The Morgan fingerprint density at radius 1 is 1.23 bits per heavy atom. The Morgan fingerprint density at radius 2 is 2.03 bits per heavy atom. The van der Waals surface area contributed by atoms with Crippen molar-refractivity contribution in [2.45, 2.75) is 19.8 Å². The lowest BCUT2D eigenvalue weighted by Crippen LogP contribution is -2.37. The standard InChI is InChI=1S/C23H16F2N6O4/c1-2-30(15-6-7-17-18(9-15)35-23(24,25)34-17)19(32)12-31-22(33)21-16(11-27-28-21)20(29-31)14-5-3-4-13(8-14)10-26/h3-9,11H,2,12H2,1H3,(H,27,28). The van der Waals surface area contributed by atoms with Gasteiger partial charge in [0.2, 0.25) is 5.91 Å². The molecule has 0 bridgehead atoms. The van der Waals surface area contributed by atoms with Crippen LogP contribution in [0.2, 0.25) is 0 Å². The van der Waals surface area contributed by atoms with Gasteiger partial charge in [0, 0.05) is 23.9 Å². The zero-order valence-electron chi connectivity index (χ0n) is 18.2. The molecule has 12 heteroatoms. The van der Waals surface area contributed by atoms with Gasteiger partial charge in [0.05, 0.1) is 23.2 Å². The molecule has 0 unspecified atom stereocenters. The number of aromatic amines is 1. The third kappa shape index (κ3) is 3.93. The fraction of sp³-hybridized carbons (Fsp3) is 0.174. The number of hydrogen-bond donors (Lipinski definition) is 1. The van der Waals surface area contributed by atoms with E-state index >= 15 is 0 Å². The van der Waals surface area contributed by atoms with E-state index in [9.17, 15) is 23.6 Å². The van der Waals surface area contributed by atoms with Gasteiger partial charge < -0.3 is 14.4 Å².